The molecule has 0 spiro atoms. The van der Waals surface area contributed by atoms with Gasteiger partial charge in [0.25, 0.3) is 0 Å². The number of sulfone groups is 1. The summed E-state index contributed by atoms with van der Waals surface area (Å²) in [6.45, 7) is 4.81. The molecule has 17 heavy (non-hydrogen) atoms. The summed E-state index contributed by atoms with van der Waals surface area (Å²) < 4.78 is 23.0. The Kier molecular flexibility index (Phi) is 5.34. The smallest absolute Gasteiger partial charge is 0.345 e. The van der Waals surface area contributed by atoms with Crippen LogP contribution in [0.2, 0.25) is 0 Å². The van der Waals surface area contributed by atoms with Crippen molar-refractivity contribution in [3.8, 4) is 0 Å². The molecule has 0 saturated carbocycles. The number of allylic oxidation sites excluding steroid dienone is 1. The van der Waals surface area contributed by atoms with Gasteiger partial charge in [0.2, 0.25) is 10.8 Å². The van der Waals surface area contributed by atoms with Gasteiger partial charge in [0, 0.05) is 12.7 Å². The molecular formula is C10H17NO5S. The van der Waals surface area contributed by atoms with Crippen molar-refractivity contribution < 1.29 is 23.1 Å². The van der Waals surface area contributed by atoms with E-state index in [0.29, 0.717) is 6.42 Å². The van der Waals surface area contributed by atoms with Crippen LogP contribution in [0, 0.1) is 0 Å². The van der Waals surface area contributed by atoms with Gasteiger partial charge in [-0.05, 0) is 12.8 Å². The van der Waals surface area contributed by atoms with Crippen LogP contribution >= 0.6 is 0 Å². The molecule has 1 atom stereocenters. The van der Waals surface area contributed by atoms with Gasteiger partial charge in [-0.1, -0.05) is 13.0 Å². The Hall–Kier alpha value is -1.37. The normalized spacial score (nSPS) is 14.7. The molecule has 6 nitrogen and oxygen atoms in total. The monoisotopic (exact) mass is 263 g/mol. The summed E-state index contributed by atoms with van der Waals surface area (Å²) in [6, 6.07) is 0. The van der Waals surface area contributed by atoms with E-state index in [-0.39, 0.29) is 12.8 Å². The maximum absolute atomic E-state index is 11.5. The topological polar surface area (TPSA) is 101 Å². The third-order valence-electron chi connectivity index (χ3n) is 2.39. The second-order valence-electron chi connectivity index (χ2n) is 3.63. The third kappa shape index (κ3) is 3.55. The molecule has 0 aliphatic rings. The highest BCUT2D eigenvalue weighted by molar-refractivity contribution is 7.92. The van der Waals surface area contributed by atoms with E-state index in [2.05, 4.69) is 11.9 Å². The molecule has 0 aromatic carbocycles. The van der Waals surface area contributed by atoms with Crippen LogP contribution in [-0.2, 0) is 19.4 Å². The lowest BCUT2D eigenvalue weighted by Gasteiger charge is -2.27. The highest BCUT2D eigenvalue weighted by atomic mass is 32.2. The first-order valence-electron chi connectivity index (χ1n) is 5.06. The molecule has 0 aliphatic carbocycles. The van der Waals surface area contributed by atoms with Gasteiger partial charge in [-0.25, -0.2) is 13.2 Å². The SMILES string of the molecule is C=CCCC(=O)NC(CC)(C(=O)O)S(C)(=O)=O. The Bertz CT molecular complexity index is 414. The quantitative estimate of drug-likeness (QED) is 0.643. The second-order valence-corrected chi connectivity index (χ2v) is 5.87. The van der Waals surface area contributed by atoms with E-state index in [1.54, 1.807) is 0 Å². The first-order valence-corrected chi connectivity index (χ1v) is 6.95. The zero-order valence-corrected chi connectivity index (χ0v) is 10.7. The Morgan fingerprint density at radius 2 is 2.00 bits per heavy atom. The fourth-order valence-electron chi connectivity index (χ4n) is 1.33. The van der Waals surface area contributed by atoms with Crippen molar-refractivity contribution in [2.24, 2.45) is 0 Å². The number of amides is 1. The van der Waals surface area contributed by atoms with Crippen LogP contribution in [0.25, 0.3) is 0 Å². The Morgan fingerprint density at radius 1 is 1.47 bits per heavy atom. The minimum absolute atomic E-state index is 0.00799. The molecule has 0 heterocycles. The van der Waals surface area contributed by atoms with E-state index < -0.39 is 26.6 Å². The largest absolute Gasteiger partial charge is 0.479 e. The van der Waals surface area contributed by atoms with Gasteiger partial charge >= 0.3 is 5.97 Å². The number of rotatable bonds is 7. The van der Waals surface area contributed by atoms with Gasteiger partial charge < -0.3 is 10.4 Å². The van der Waals surface area contributed by atoms with Crippen molar-refractivity contribution in [1.82, 2.24) is 5.32 Å². The van der Waals surface area contributed by atoms with Crippen LogP contribution < -0.4 is 5.32 Å². The highest BCUT2D eigenvalue weighted by Gasteiger charge is 2.48. The Labute approximate surface area is 101 Å². The molecule has 7 heteroatoms. The predicted octanol–water partition coefficient (Wildman–Crippen LogP) is 0.304. The van der Waals surface area contributed by atoms with Crippen molar-refractivity contribution in [2.75, 3.05) is 6.26 Å². The summed E-state index contributed by atoms with van der Waals surface area (Å²) in [7, 11) is -3.95. The lowest BCUT2D eigenvalue weighted by molar-refractivity contribution is -0.143. The third-order valence-corrected chi connectivity index (χ3v) is 4.22. The van der Waals surface area contributed by atoms with Crippen molar-refractivity contribution in [3.63, 3.8) is 0 Å². The van der Waals surface area contributed by atoms with E-state index >= 15 is 0 Å². The minimum atomic E-state index is -3.95. The number of hydrogen-bond acceptors (Lipinski definition) is 4. The molecule has 0 radical (unpaired) electrons. The van der Waals surface area contributed by atoms with Gasteiger partial charge in [0.15, 0.2) is 9.84 Å². The molecule has 98 valence electrons. The number of carbonyl (C=O) groups is 2. The van der Waals surface area contributed by atoms with Crippen molar-refractivity contribution in [1.29, 1.82) is 0 Å². The number of carboxylic acids is 1. The number of hydrogen-bond donors (Lipinski definition) is 2. The molecular weight excluding hydrogens is 246 g/mol. The van der Waals surface area contributed by atoms with E-state index in [1.165, 1.54) is 13.0 Å². The van der Waals surface area contributed by atoms with Crippen LogP contribution in [0.1, 0.15) is 26.2 Å². The Morgan fingerprint density at radius 3 is 2.29 bits per heavy atom. The summed E-state index contributed by atoms with van der Waals surface area (Å²) >= 11 is 0. The van der Waals surface area contributed by atoms with Gasteiger partial charge in [0.05, 0.1) is 0 Å². The number of nitrogens with one attached hydrogen (secondary N) is 1. The van der Waals surface area contributed by atoms with Gasteiger partial charge in [-0.2, -0.15) is 0 Å². The van der Waals surface area contributed by atoms with Crippen LogP contribution in [0.5, 0.6) is 0 Å². The van der Waals surface area contributed by atoms with E-state index in [9.17, 15) is 18.0 Å². The lowest BCUT2D eigenvalue weighted by Crippen LogP contribution is -2.59. The molecule has 0 aromatic rings. The van der Waals surface area contributed by atoms with Crippen LogP contribution in [0.4, 0.5) is 0 Å². The number of carbonyl (C=O) groups excluding carboxylic acids is 1. The molecule has 0 aromatic heterocycles. The molecule has 0 rings (SSSR count). The second kappa shape index (κ2) is 5.81. The predicted molar refractivity (Wildman–Crippen MR) is 63.1 cm³/mol. The number of carboxylic acid groups (broad SMARTS) is 1. The van der Waals surface area contributed by atoms with Gasteiger partial charge in [0.1, 0.15) is 0 Å². The summed E-state index contributed by atoms with van der Waals surface area (Å²) in [5.74, 6) is -2.20. The maximum atomic E-state index is 11.5. The van der Waals surface area contributed by atoms with Crippen molar-refractivity contribution in [3.05, 3.63) is 12.7 Å². The van der Waals surface area contributed by atoms with E-state index in [4.69, 9.17) is 5.11 Å². The average molecular weight is 263 g/mol. The number of aliphatic carboxylic acids is 1. The first kappa shape index (κ1) is 15.6. The summed E-state index contributed by atoms with van der Waals surface area (Å²) in [4.78, 5) is 20.3. The van der Waals surface area contributed by atoms with Crippen molar-refractivity contribution in [2.45, 2.75) is 31.1 Å². The molecule has 0 aliphatic heterocycles. The Balaban J connectivity index is 5.16. The first-order chi connectivity index (χ1) is 7.71. The molecule has 1 amide bonds. The summed E-state index contributed by atoms with van der Waals surface area (Å²) in [5.41, 5.74) is 0. The minimum Gasteiger partial charge on any atom is -0.479 e. The van der Waals surface area contributed by atoms with E-state index in [0.717, 1.165) is 6.26 Å². The fourth-order valence-corrected chi connectivity index (χ4v) is 2.47. The molecule has 0 bridgehead atoms. The molecule has 0 fully saturated rings. The summed E-state index contributed by atoms with van der Waals surface area (Å²) in [5, 5.41) is 11.1. The zero-order valence-electron chi connectivity index (χ0n) is 9.89. The lowest BCUT2D eigenvalue weighted by atomic mass is 10.2. The average Bonchev–Trinajstić information content (AvgIpc) is 2.20. The summed E-state index contributed by atoms with van der Waals surface area (Å²) in [6.07, 6.45) is 2.41. The fraction of sp³-hybridized carbons (Fsp3) is 0.600. The van der Waals surface area contributed by atoms with Crippen LogP contribution in [-0.4, -0.2) is 36.5 Å². The molecule has 2 N–H and O–H groups in total. The van der Waals surface area contributed by atoms with Crippen LogP contribution in [0.15, 0.2) is 12.7 Å². The standard InChI is InChI=1S/C10H17NO5S/c1-4-6-7-8(12)11-10(5-2,9(13)14)17(3,15)16/h4H,1,5-7H2,2-3H3,(H,11,12)(H,13,14). The van der Waals surface area contributed by atoms with Gasteiger partial charge in [-0.15, -0.1) is 6.58 Å². The molecule has 1 unspecified atom stereocenters. The molecule has 0 saturated heterocycles. The van der Waals surface area contributed by atoms with Crippen LogP contribution in [0.3, 0.4) is 0 Å². The van der Waals surface area contributed by atoms with E-state index in [1.807, 2.05) is 0 Å². The maximum Gasteiger partial charge on any atom is 0.345 e. The van der Waals surface area contributed by atoms with Crippen molar-refractivity contribution >= 4 is 21.7 Å². The zero-order chi connectivity index (χ0) is 13.7. The highest BCUT2D eigenvalue weighted by Crippen LogP contribution is 2.18. The van der Waals surface area contributed by atoms with Gasteiger partial charge in [-0.3, -0.25) is 4.79 Å².